The quantitative estimate of drug-likeness (QED) is 0.619. The fourth-order valence-corrected chi connectivity index (χ4v) is 4.62. The minimum absolute atomic E-state index is 0.112. The van der Waals surface area contributed by atoms with Gasteiger partial charge < -0.3 is 4.90 Å². The summed E-state index contributed by atoms with van der Waals surface area (Å²) in [5.41, 5.74) is 5.40. The Morgan fingerprint density at radius 3 is 2.04 bits per heavy atom. The van der Waals surface area contributed by atoms with Crippen molar-refractivity contribution in [2.45, 2.75) is 31.7 Å². The summed E-state index contributed by atoms with van der Waals surface area (Å²) in [5.74, 6) is -0.282. The van der Waals surface area contributed by atoms with Gasteiger partial charge in [0.1, 0.15) is 0 Å². The van der Waals surface area contributed by atoms with Crippen molar-refractivity contribution in [3.8, 4) is 0 Å². The lowest BCUT2D eigenvalue weighted by Crippen LogP contribution is -2.48. The molecule has 2 aliphatic rings. The first-order chi connectivity index (χ1) is 13.6. The number of piperazine rings is 1. The molecule has 5 nitrogen and oxygen atoms in total. The van der Waals surface area contributed by atoms with Gasteiger partial charge in [-0.2, -0.15) is 0 Å². The smallest absolute Gasteiger partial charge is 0.247 e. The molecule has 2 fully saturated rings. The zero-order valence-corrected chi connectivity index (χ0v) is 16.6. The Morgan fingerprint density at radius 2 is 1.50 bits per heavy atom. The normalized spacial score (nSPS) is 25.0. The van der Waals surface area contributed by atoms with Gasteiger partial charge in [0.05, 0.1) is 5.92 Å². The molecule has 1 aliphatic heterocycles. The first-order valence-corrected chi connectivity index (χ1v) is 10.2. The Kier molecular flexibility index (Phi) is 5.38. The van der Waals surface area contributed by atoms with Crippen LogP contribution in [0.2, 0.25) is 0 Å². The summed E-state index contributed by atoms with van der Waals surface area (Å²) in [6, 6.07) is 19.3. The van der Waals surface area contributed by atoms with Crippen molar-refractivity contribution >= 4 is 11.6 Å². The monoisotopic (exact) mass is 379 g/mol. The van der Waals surface area contributed by atoms with Crippen LogP contribution in [-0.2, 0) is 4.79 Å². The summed E-state index contributed by atoms with van der Waals surface area (Å²) in [7, 11) is 0. The number of nitrogens with zero attached hydrogens (tertiary/aromatic N) is 2. The van der Waals surface area contributed by atoms with E-state index < -0.39 is 0 Å². The molecule has 0 aromatic heterocycles. The molecule has 148 valence electrons. The second-order valence-electron chi connectivity index (χ2n) is 8.17. The molecule has 2 aromatic rings. The second-order valence-corrected chi connectivity index (χ2v) is 8.17. The van der Waals surface area contributed by atoms with Gasteiger partial charge in [0.2, 0.25) is 5.91 Å². The van der Waals surface area contributed by atoms with Crippen LogP contribution in [0.3, 0.4) is 0 Å². The van der Waals surface area contributed by atoms with Crippen LogP contribution in [0.4, 0.5) is 5.69 Å². The van der Waals surface area contributed by atoms with Crippen molar-refractivity contribution in [2.75, 3.05) is 31.1 Å². The fraction of sp³-hybridized carbons (Fsp3) is 0.435. The van der Waals surface area contributed by atoms with Crippen molar-refractivity contribution in [3.05, 3.63) is 65.7 Å². The van der Waals surface area contributed by atoms with Crippen molar-refractivity contribution in [2.24, 2.45) is 5.92 Å². The zero-order valence-electron chi connectivity index (χ0n) is 16.6. The zero-order chi connectivity index (χ0) is 19.7. The van der Waals surface area contributed by atoms with Crippen LogP contribution >= 0.6 is 0 Å². The number of anilines is 1. The number of hydrogen-bond donors (Lipinski definition) is 2. The van der Waals surface area contributed by atoms with Crippen LogP contribution in [0.5, 0.6) is 0 Å². The van der Waals surface area contributed by atoms with Crippen LogP contribution in [0.15, 0.2) is 54.6 Å². The average Bonchev–Trinajstić information content (AvgIpc) is 3.50. The molecule has 0 spiro atoms. The summed E-state index contributed by atoms with van der Waals surface area (Å²) < 4.78 is 0. The van der Waals surface area contributed by atoms with E-state index >= 15 is 0 Å². The standard InChI is InChI=1S/C23H29N3O2/c1-16(2)25-12-14-26(15-13-25)19-10-8-18(9-11-19)21-20(22(21)23(27)24-28)17-6-4-3-5-7-17/h3-11,16,20-22,28H,12-15H2,1-2H3,(H,24,27)/t20-,21-,22-/m1/s1. The highest BCUT2D eigenvalue weighted by Crippen LogP contribution is 2.60. The lowest BCUT2D eigenvalue weighted by molar-refractivity contribution is -0.130. The van der Waals surface area contributed by atoms with Crippen LogP contribution in [0.1, 0.15) is 36.8 Å². The molecule has 1 heterocycles. The molecular formula is C23H29N3O2. The summed E-state index contributed by atoms with van der Waals surface area (Å²) in [5, 5.41) is 9.14. The van der Waals surface area contributed by atoms with Gasteiger partial charge in [0.25, 0.3) is 0 Å². The molecule has 1 saturated heterocycles. The third-order valence-electron chi connectivity index (χ3n) is 6.30. The maximum Gasteiger partial charge on any atom is 0.247 e. The van der Waals surface area contributed by atoms with E-state index in [-0.39, 0.29) is 23.7 Å². The number of hydrogen-bond acceptors (Lipinski definition) is 4. The van der Waals surface area contributed by atoms with Gasteiger partial charge in [-0.05, 0) is 37.1 Å². The first kappa shape index (κ1) is 19.0. The number of carbonyl (C=O) groups excluding carboxylic acids is 1. The summed E-state index contributed by atoms with van der Waals surface area (Å²) in [4.78, 5) is 17.1. The van der Waals surface area contributed by atoms with Gasteiger partial charge in [-0.1, -0.05) is 42.5 Å². The molecule has 1 amide bonds. The Morgan fingerprint density at radius 1 is 0.929 bits per heavy atom. The van der Waals surface area contributed by atoms with Crippen LogP contribution < -0.4 is 10.4 Å². The highest BCUT2D eigenvalue weighted by molar-refractivity contribution is 5.84. The van der Waals surface area contributed by atoms with E-state index in [1.54, 1.807) is 0 Å². The van der Waals surface area contributed by atoms with E-state index in [1.165, 1.54) is 5.69 Å². The highest BCUT2D eigenvalue weighted by atomic mass is 16.5. The maximum atomic E-state index is 12.2. The predicted octanol–water partition coefficient (Wildman–Crippen LogP) is 3.22. The SMILES string of the molecule is CC(C)N1CCN(c2ccc([C@H]3[C@H](C(=O)NO)[C@@H]3c3ccccc3)cc2)CC1. The largest absolute Gasteiger partial charge is 0.369 e. The summed E-state index contributed by atoms with van der Waals surface area (Å²) >= 11 is 0. The number of hydroxylamine groups is 1. The van der Waals surface area contributed by atoms with E-state index in [2.05, 4.69) is 60.0 Å². The van der Waals surface area contributed by atoms with Crippen molar-refractivity contribution < 1.29 is 10.0 Å². The molecular weight excluding hydrogens is 350 g/mol. The molecule has 4 rings (SSSR count). The van der Waals surface area contributed by atoms with E-state index in [9.17, 15) is 4.79 Å². The Hall–Kier alpha value is -2.37. The van der Waals surface area contributed by atoms with Crippen LogP contribution in [0, 0.1) is 5.92 Å². The Bertz CT molecular complexity index is 798. The molecule has 0 bridgehead atoms. The van der Waals surface area contributed by atoms with Crippen molar-refractivity contribution in [3.63, 3.8) is 0 Å². The average molecular weight is 380 g/mol. The Labute approximate surface area is 166 Å². The molecule has 1 aliphatic carbocycles. The molecule has 2 N–H and O–H groups in total. The van der Waals surface area contributed by atoms with Crippen LogP contribution in [0.25, 0.3) is 0 Å². The molecule has 2 aromatic carbocycles. The summed E-state index contributed by atoms with van der Waals surface area (Å²) in [6.45, 7) is 8.78. The van der Waals surface area contributed by atoms with Crippen LogP contribution in [-0.4, -0.2) is 48.2 Å². The fourth-order valence-electron chi connectivity index (χ4n) is 4.62. The number of carbonyl (C=O) groups is 1. The van der Waals surface area contributed by atoms with Gasteiger partial charge in [-0.25, -0.2) is 5.48 Å². The van der Waals surface area contributed by atoms with E-state index in [4.69, 9.17) is 5.21 Å². The maximum absolute atomic E-state index is 12.2. The van der Waals surface area contributed by atoms with E-state index in [0.29, 0.717) is 6.04 Å². The lowest BCUT2D eigenvalue weighted by Gasteiger charge is -2.38. The topological polar surface area (TPSA) is 55.8 Å². The van der Waals surface area contributed by atoms with Gasteiger partial charge in [0.15, 0.2) is 0 Å². The number of benzene rings is 2. The highest BCUT2D eigenvalue weighted by Gasteiger charge is 2.56. The predicted molar refractivity (Wildman–Crippen MR) is 111 cm³/mol. The van der Waals surface area contributed by atoms with Gasteiger partial charge in [-0.3, -0.25) is 14.9 Å². The first-order valence-electron chi connectivity index (χ1n) is 10.2. The van der Waals surface area contributed by atoms with Gasteiger partial charge in [0, 0.05) is 49.7 Å². The number of rotatable bonds is 5. The number of amides is 1. The third kappa shape index (κ3) is 3.64. The van der Waals surface area contributed by atoms with Gasteiger partial charge >= 0.3 is 0 Å². The molecule has 5 heteroatoms. The molecule has 0 unspecified atom stereocenters. The third-order valence-corrected chi connectivity index (χ3v) is 6.30. The van der Waals surface area contributed by atoms with Gasteiger partial charge in [-0.15, -0.1) is 0 Å². The van der Waals surface area contributed by atoms with E-state index in [0.717, 1.165) is 37.3 Å². The molecule has 3 atom stereocenters. The lowest BCUT2D eigenvalue weighted by atomic mass is 10.0. The summed E-state index contributed by atoms with van der Waals surface area (Å²) in [6.07, 6.45) is 0. The van der Waals surface area contributed by atoms with Crippen molar-refractivity contribution in [1.29, 1.82) is 0 Å². The van der Waals surface area contributed by atoms with Crippen molar-refractivity contribution in [1.82, 2.24) is 10.4 Å². The molecule has 1 saturated carbocycles. The Balaban J connectivity index is 1.48. The molecule has 0 radical (unpaired) electrons. The minimum Gasteiger partial charge on any atom is -0.369 e. The van der Waals surface area contributed by atoms with E-state index in [1.807, 2.05) is 23.7 Å². The minimum atomic E-state index is -0.298. The molecule has 28 heavy (non-hydrogen) atoms. The number of nitrogens with one attached hydrogen (secondary N) is 1. The second kappa shape index (κ2) is 7.94.